The van der Waals surface area contributed by atoms with E-state index in [9.17, 15) is 22.9 Å². The summed E-state index contributed by atoms with van der Waals surface area (Å²) < 4.78 is 38.4. The van der Waals surface area contributed by atoms with Crippen LogP contribution in [-0.2, 0) is 16.5 Å². The maximum atomic E-state index is 13.4. The van der Waals surface area contributed by atoms with Gasteiger partial charge in [0.05, 0.1) is 27.7 Å². The maximum absolute atomic E-state index is 13.4. The molecule has 4 aromatic carbocycles. The molecule has 4 aromatic rings. The summed E-state index contributed by atoms with van der Waals surface area (Å²) in [7, 11) is -3.12. The minimum absolute atomic E-state index is 0. The molecule has 0 bridgehead atoms. The molecule has 9 nitrogen and oxygen atoms in total. The zero-order valence-electron chi connectivity index (χ0n) is 21.0. The molecular weight excluding hydrogens is 576 g/mol. The Morgan fingerprint density at radius 3 is 2.44 bits per heavy atom. The van der Waals surface area contributed by atoms with Crippen molar-refractivity contribution in [3.8, 4) is 11.5 Å². The molecule has 0 aromatic heterocycles. The van der Waals surface area contributed by atoms with Crippen LogP contribution in [-0.4, -0.2) is 26.0 Å². The number of nitrogens with one attached hydrogen (secondary N) is 1. The van der Waals surface area contributed by atoms with Crippen molar-refractivity contribution in [2.24, 2.45) is 10.2 Å². The van der Waals surface area contributed by atoms with E-state index >= 15 is 0 Å². The zero-order chi connectivity index (χ0) is 27.6. The Morgan fingerprint density at radius 2 is 1.77 bits per heavy atom. The molecule has 0 saturated carbocycles. The number of ether oxygens (including phenoxy) is 1. The topological polar surface area (TPSA) is 140 Å². The number of rotatable bonds is 7. The number of benzene rings is 4. The number of anilines is 1. The van der Waals surface area contributed by atoms with E-state index in [1.165, 1.54) is 25.3 Å². The molecule has 39 heavy (non-hydrogen) atoms. The molecule has 0 aliphatic heterocycles. The minimum atomic E-state index is -4.56. The van der Waals surface area contributed by atoms with Crippen LogP contribution in [0.3, 0.4) is 0 Å². The molecule has 4 rings (SSSR count). The fourth-order valence-electron chi connectivity index (χ4n) is 3.79. The molecule has 0 aliphatic rings. The van der Waals surface area contributed by atoms with Crippen molar-refractivity contribution in [1.29, 1.82) is 0 Å². The van der Waals surface area contributed by atoms with E-state index in [1.54, 1.807) is 43.3 Å². The summed E-state index contributed by atoms with van der Waals surface area (Å²) in [5.74, 6) is -1.06. The van der Waals surface area contributed by atoms with E-state index in [0.717, 1.165) is 6.07 Å². The molecule has 0 aliphatic carbocycles. The van der Waals surface area contributed by atoms with E-state index in [4.69, 9.17) is 27.9 Å². The fraction of sp³-hybridized carbons (Fsp3) is 0.115. The normalized spacial score (nSPS) is 11.4. The van der Waals surface area contributed by atoms with Crippen LogP contribution in [0.25, 0.3) is 10.8 Å². The summed E-state index contributed by atoms with van der Waals surface area (Å²) >= 11 is 12.3. The zero-order valence-corrected chi connectivity index (χ0v) is 25.4. The molecule has 0 spiro atoms. The average Bonchev–Trinajstić information content (AvgIpc) is 2.88. The number of fused-ring (bicyclic) bond motifs is 1. The van der Waals surface area contributed by atoms with Crippen molar-refractivity contribution in [3.63, 3.8) is 0 Å². The van der Waals surface area contributed by atoms with Gasteiger partial charge in [0.1, 0.15) is 11.4 Å². The SMILES string of the molecule is CCc1cc(Cl)c(N=Nc2c([O-])c(C(=O)Nc3ccc(Cl)c(OC)c3)cc3ccccc23)cc1S(=O)(=O)O.[Na+]. The standard InChI is InChI=1S/C26H21Cl2N3O6S.Na/c1-3-14-11-20(28)21(13-23(14)38(34,35)36)30-31-24-17-7-5-4-6-15(17)10-18(25(24)32)26(33)29-16-8-9-19(27)22(12-16)37-2;/h4-13,32H,3H2,1-2H3,(H,29,33)(H,34,35,36);/q;+1/p-1. The molecule has 0 unspecified atom stereocenters. The molecule has 1 amide bonds. The van der Waals surface area contributed by atoms with Crippen LogP contribution < -0.4 is 44.7 Å². The van der Waals surface area contributed by atoms with Gasteiger partial charge in [0.25, 0.3) is 16.0 Å². The fourth-order valence-corrected chi connectivity index (χ4v) is 5.01. The van der Waals surface area contributed by atoms with Gasteiger partial charge in [-0.1, -0.05) is 60.1 Å². The number of hydrogen-bond acceptors (Lipinski definition) is 7. The third kappa shape index (κ3) is 6.72. The summed E-state index contributed by atoms with van der Waals surface area (Å²) in [6.07, 6.45) is 0.290. The molecule has 13 heteroatoms. The molecule has 0 fully saturated rings. The minimum Gasteiger partial charge on any atom is -0.870 e. The Bertz CT molecular complexity index is 1710. The monoisotopic (exact) mass is 595 g/mol. The summed E-state index contributed by atoms with van der Waals surface area (Å²) in [5, 5.41) is 25.5. The number of methoxy groups -OCH3 is 1. The molecule has 0 radical (unpaired) electrons. The van der Waals surface area contributed by atoms with Crippen molar-refractivity contribution in [3.05, 3.63) is 81.8 Å². The van der Waals surface area contributed by atoms with Crippen molar-refractivity contribution >= 4 is 67.1 Å². The molecule has 0 heterocycles. The van der Waals surface area contributed by atoms with Crippen LogP contribution in [0.2, 0.25) is 10.0 Å². The molecular formula is C26H20Cl2N3NaO6S. The first-order valence-electron chi connectivity index (χ1n) is 11.1. The number of carbonyl (C=O) groups is 1. The van der Waals surface area contributed by atoms with Gasteiger partial charge in [-0.3, -0.25) is 9.35 Å². The molecule has 196 valence electrons. The Morgan fingerprint density at radius 1 is 1.05 bits per heavy atom. The van der Waals surface area contributed by atoms with Gasteiger partial charge >= 0.3 is 29.6 Å². The van der Waals surface area contributed by atoms with Crippen molar-refractivity contribution in [2.45, 2.75) is 18.2 Å². The van der Waals surface area contributed by atoms with E-state index in [2.05, 4.69) is 15.5 Å². The van der Waals surface area contributed by atoms with E-state index in [1.807, 2.05) is 0 Å². The smallest absolute Gasteiger partial charge is 0.870 e. The van der Waals surface area contributed by atoms with Crippen molar-refractivity contribution in [1.82, 2.24) is 0 Å². The first kappa shape index (κ1) is 30.8. The quantitative estimate of drug-likeness (QED) is 0.189. The predicted molar refractivity (Wildman–Crippen MR) is 144 cm³/mol. The molecule has 2 N–H and O–H groups in total. The van der Waals surface area contributed by atoms with E-state index in [0.29, 0.717) is 32.8 Å². The van der Waals surface area contributed by atoms with Crippen molar-refractivity contribution in [2.75, 3.05) is 12.4 Å². The van der Waals surface area contributed by atoms with Gasteiger partial charge < -0.3 is 15.2 Å². The summed E-state index contributed by atoms with van der Waals surface area (Å²) in [6, 6.07) is 15.3. The Hall–Kier alpha value is -2.70. The van der Waals surface area contributed by atoms with Gasteiger partial charge in [-0.25, -0.2) is 0 Å². The van der Waals surface area contributed by atoms with Gasteiger partial charge in [-0.2, -0.15) is 13.5 Å². The largest absolute Gasteiger partial charge is 1.00 e. The molecule has 0 atom stereocenters. The van der Waals surface area contributed by atoms with Gasteiger partial charge in [0.15, 0.2) is 0 Å². The van der Waals surface area contributed by atoms with Crippen LogP contribution >= 0.6 is 23.2 Å². The Balaban J connectivity index is 0.00000420. The second-order valence-corrected chi connectivity index (χ2v) is 10.3. The molecule has 0 saturated heterocycles. The van der Waals surface area contributed by atoms with Crippen LogP contribution in [0.15, 0.2) is 75.8 Å². The number of halogens is 2. The second kappa shape index (κ2) is 12.6. The third-order valence-corrected chi connectivity index (χ3v) is 7.23. The average molecular weight is 596 g/mol. The second-order valence-electron chi connectivity index (χ2n) is 8.07. The summed E-state index contributed by atoms with van der Waals surface area (Å²) in [5.41, 5.74) is 0.225. The summed E-state index contributed by atoms with van der Waals surface area (Å²) in [4.78, 5) is 12.7. The van der Waals surface area contributed by atoms with Gasteiger partial charge in [0, 0.05) is 22.7 Å². The Kier molecular flexibility index (Phi) is 10.0. The third-order valence-electron chi connectivity index (χ3n) is 5.68. The number of carbonyl (C=O) groups excluding carboxylic acids is 1. The Labute approximate surface area is 256 Å². The first-order valence-corrected chi connectivity index (χ1v) is 13.3. The van der Waals surface area contributed by atoms with E-state index < -0.39 is 21.8 Å². The number of amides is 1. The number of nitrogens with zero attached hydrogens (tertiary/aromatic N) is 2. The number of azo groups is 1. The number of aryl methyl sites for hydroxylation is 1. The van der Waals surface area contributed by atoms with Crippen LogP contribution in [0.5, 0.6) is 11.5 Å². The van der Waals surface area contributed by atoms with Crippen molar-refractivity contribution < 1.29 is 57.2 Å². The first-order chi connectivity index (χ1) is 18.0. The van der Waals surface area contributed by atoms with Crippen LogP contribution in [0, 0.1) is 0 Å². The maximum Gasteiger partial charge on any atom is 1.00 e. The van der Waals surface area contributed by atoms with E-state index in [-0.39, 0.29) is 62.8 Å². The van der Waals surface area contributed by atoms with Gasteiger partial charge in [-0.15, -0.1) is 5.11 Å². The van der Waals surface area contributed by atoms with Gasteiger partial charge in [-0.05, 0) is 47.7 Å². The van der Waals surface area contributed by atoms with Gasteiger partial charge in [0.2, 0.25) is 0 Å². The summed E-state index contributed by atoms with van der Waals surface area (Å²) in [6.45, 7) is 1.70. The predicted octanol–water partition coefficient (Wildman–Crippen LogP) is 3.71. The van der Waals surface area contributed by atoms with Crippen LogP contribution in [0.4, 0.5) is 17.1 Å². The number of hydrogen-bond donors (Lipinski definition) is 2. The van der Waals surface area contributed by atoms with Crippen LogP contribution in [0.1, 0.15) is 22.8 Å².